The molecule has 1 aromatic carbocycles. The molecule has 6 rings (SSSR count). The number of hydrogen-bond donors (Lipinski definition) is 2. The maximum absolute atomic E-state index is 10.8. The van der Waals surface area contributed by atoms with Gasteiger partial charge in [0.2, 0.25) is 0 Å². The Balaban J connectivity index is 1.34. The highest BCUT2D eigenvalue weighted by atomic mass is 16.3. The summed E-state index contributed by atoms with van der Waals surface area (Å²) in [6, 6.07) is 11.3. The van der Waals surface area contributed by atoms with Crippen LogP contribution in [0.2, 0.25) is 0 Å². The van der Waals surface area contributed by atoms with Gasteiger partial charge in [0, 0.05) is 42.0 Å². The molecule has 0 unspecified atom stereocenters. The van der Waals surface area contributed by atoms with Crippen molar-refractivity contribution in [2.75, 3.05) is 18.5 Å². The minimum absolute atomic E-state index is 0.155. The number of hydrogen-bond acceptors (Lipinski definition) is 7. The molecule has 3 aromatic rings. The molecule has 7 nitrogen and oxygen atoms in total. The van der Waals surface area contributed by atoms with Crippen LogP contribution in [0.25, 0.3) is 28.1 Å². The lowest BCUT2D eigenvalue weighted by atomic mass is 9.75. The van der Waals surface area contributed by atoms with Gasteiger partial charge < -0.3 is 15.3 Å². The van der Waals surface area contributed by atoms with E-state index in [1.807, 2.05) is 24.3 Å². The Kier molecular flexibility index (Phi) is 4.74. The Morgan fingerprint density at radius 1 is 1.00 bits per heavy atom. The number of piperidine rings is 1. The number of allylic oxidation sites excluding steroid dienone is 1. The molecular weight excluding hydrogens is 424 g/mol. The Bertz CT molecular complexity index is 1270. The topological polar surface area (TPSA) is 87.1 Å². The number of likely N-dealkylation sites (N-methyl/N-ethyl adjacent to an activating group) is 1. The smallest absolute Gasteiger partial charge is 0.125 e. The van der Waals surface area contributed by atoms with E-state index in [0.717, 1.165) is 36.3 Å². The Morgan fingerprint density at radius 2 is 1.79 bits per heavy atom. The van der Waals surface area contributed by atoms with E-state index in [1.54, 1.807) is 12.3 Å². The molecular formula is C27H30N6O. The molecule has 5 heterocycles. The number of benzene rings is 1. The maximum atomic E-state index is 10.8. The molecule has 2 aromatic heterocycles. The third kappa shape index (κ3) is 3.55. The number of nitrogens with one attached hydrogen (secondary N) is 1. The number of phenolic OH excluding ortho intramolecular Hbond substituents is 1. The summed E-state index contributed by atoms with van der Waals surface area (Å²) in [6.45, 7) is 5.58. The summed E-state index contributed by atoms with van der Waals surface area (Å²) in [7, 11) is 2.09. The molecule has 2 N–H and O–H groups in total. The molecule has 3 aliphatic heterocycles. The highest BCUT2D eigenvalue weighted by Gasteiger charge is 2.49. The highest BCUT2D eigenvalue weighted by molar-refractivity contribution is 5.82. The van der Waals surface area contributed by atoms with Crippen LogP contribution in [-0.4, -0.2) is 50.2 Å². The fraction of sp³-hybridized carbons (Fsp3) is 0.407. The number of anilines is 1. The van der Waals surface area contributed by atoms with Crippen LogP contribution in [0.4, 0.5) is 5.69 Å². The zero-order chi connectivity index (χ0) is 23.5. The van der Waals surface area contributed by atoms with Crippen molar-refractivity contribution in [3.05, 3.63) is 54.4 Å². The van der Waals surface area contributed by atoms with Gasteiger partial charge in [-0.05, 0) is 81.4 Å². The SMILES string of the molecule is CN1CC=C([C@H]2C[C@]3(C)CC[C@](C)(C2)N3)c2nnc(-c3ccc(-c4cccnn4)cc3O)cc21. The van der Waals surface area contributed by atoms with E-state index in [1.165, 1.54) is 18.4 Å². The maximum Gasteiger partial charge on any atom is 0.125 e. The molecule has 0 saturated carbocycles. The highest BCUT2D eigenvalue weighted by Crippen LogP contribution is 2.50. The molecule has 174 valence electrons. The molecule has 2 fully saturated rings. The molecule has 3 atom stereocenters. The van der Waals surface area contributed by atoms with Crippen LogP contribution in [0.15, 0.2) is 48.7 Å². The minimum Gasteiger partial charge on any atom is -0.507 e. The first-order valence-corrected chi connectivity index (χ1v) is 12.0. The second-order valence-electron chi connectivity index (χ2n) is 10.7. The number of rotatable bonds is 3. The number of aromatic nitrogens is 4. The zero-order valence-corrected chi connectivity index (χ0v) is 19.9. The van der Waals surface area contributed by atoms with Crippen molar-refractivity contribution in [1.29, 1.82) is 0 Å². The zero-order valence-electron chi connectivity index (χ0n) is 19.9. The van der Waals surface area contributed by atoms with Gasteiger partial charge in [-0.1, -0.05) is 12.1 Å². The van der Waals surface area contributed by atoms with Gasteiger partial charge in [-0.3, -0.25) is 0 Å². The lowest BCUT2D eigenvalue weighted by Crippen LogP contribution is -2.53. The fourth-order valence-electron chi connectivity index (χ4n) is 6.25. The van der Waals surface area contributed by atoms with Crippen LogP contribution < -0.4 is 10.2 Å². The van der Waals surface area contributed by atoms with Crippen molar-refractivity contribution >= 4 is 11.3 Å². The summed E-state index contributed by atoms with van der Waals surface area (Å²) in [5.74, 6) is 0.633. The Labute approximate surface area is 200 Å². The lowest BCUT2D eigenvalue weighted by Gasteiger charge is -2.43. The normalized spacial score (nSPS) is 27.9. The van der Waals surface area contributed by atoms with E-state index >= 15 is 0 Å². The summed E-state index contributed by atoms with van der Waals surface area (Å²) in [5, 5.41) is 32.1. The number of nitrogens with zero attached hydrogens (tertiary/aromatic N) is 5. The second kappa shape index (κ2) is 7.60. The first kappa shape index (κ1) is 21.2. The average Bonchev–Trinajstić information content (AvgIpc) is 3.06. The number of phenols is 1. The van der Waals surface area contributed by atoms with Gasteiger partial charge in [0.05, 0.1) is 17.1 Å². The third-order valence-electron chi connectivity index (χ3n) is 7.85. The quantitative estimate of drug-likeness (QED) is 0.605. The van der Waals surface area contributed by atoms with Crippen molar-refractivity contribution < 1.29 is 5.11 Å². The van der Waals surface area contributed by atoms with E-state index in [-0.39, 0.29) is 16.8 Å². The van der Waals surface area contributed by atoms with Gasteiger partial charge in [-0.15, -0.1) is 10.2 Å². The minimum atomic E-state index is 0.155. The average molecular weight is 455 g/mol. The molecule has 7 heteroatoms. The van der Waals surface area contributed by atoms with Gasteiger partial charge in [0.15, 0.2) is 0 Å². The molecule has 0 radical (unpaired) electrons. The predicted molar refractivity (Wildman–Crippen MR) is 133 cm³/mol. The van der Waals surface area contributed by atoms with Crippen LogP contribution in [-0.2, 0) is 0 Å². The van der Waals surface area contributed by atoms with E-state index < -0.39 is 0 Å². The third-order valence-corrected chi connectivity index (χ3v) is 7.85. The molecule has 2 saturated heterocycles. The summed E-state index contributed by atoms with van der Waals surface area (Å²) in [4.78, 5) is 2.21. The molecule has 0 spiro atoms. The van der Waals surface area contributed by atoms with Crippen molar-refractivity contribution in [3.8, 4) is 28.3 Å². The first-order chi connectivity index (χ1) is 16.3. The van der Waals surface area contributed by atoms with Crippen LogP contribution in [0.3, 0.4) is 0 Å². The molecule has 2 bridgehead atoms. The molecule has 0 aliphatic carbocycles. The molecule has 3 aliphatic rings. The standard InChI is InChI=1S/C27H30N6O/c1-26-9-10-27(2,32-26)16-18(15-26)19-8-12-33(3)23-14-22(30-31-25(19)23)20-7-6-17(13-24(20)34)21-5-4-11-28-29-21/h4-8,11,13-14,18,32,34H,9-10,12,15-16H2,1-3H3/t18-,26-,27+. The van der Waals surface area contributed by atoms with E-state index in [9.17, 15) is 5.11 Å². The monoisotopic (exact) mass is 454 g/mol. The van der Waals surface area contributed by atoms with Crippen LogP contribution in [0, 0.1) is 5.92 Å². The Morgan fingerprint density at radius 3 is 2.50 bits per heavy atom. The van der Waals surface area contributed by atoms with Gasteiger partial charge >= 0.3 is 0 Å². The second-order valence-corrected chi connectivity index (χ2v) is 10.7. The predicted octanol–water partition coefficient (Wildman–Crippen LogP) is 4.45. The van der Waals surface area contributed by atoms with Crippen molar-refractivity contribution in [2.24, 2.45) is 5.92 Å². The van der Waals surface area contributed by atoms with E-state index in [2.05, 4.69) is 58.6 Å². The largest absolute Gasteiger partial charge is 0.507 e. The van der Waals surface area contributed by atoms with Crippen LogP contribution in [0.5, 0.6) is 5.75 Å². The van der Waals surface area contributed by atoms with Crippen LogP contribution in [0.1, 0.15) is 45.2 Å². The summed E-state index contributed by atoms with van der Waals surface area (Å²) < 4.78 is 0. The van der Waals surface area contributed by atoms with E-state index in [0.29, 0.717) is 22.9 Å². The Hall–Kier alpha value is -3.32. The summed E-state index contributed by atoms with van der Waals surface area (Å²) in [5.41, 5.74) is 6.63. The number of aromatic hydroxyl groups is 1. The van der Waals surface area contributed by atoms with Crippen molar-refractivity contribution in [2.45, 2.75) is 50.6 Å². The summed E-state index contributed by atoms with van der Waals surface area (Å²) >= 11 is 0. The van der Waals surface area contributed by atoms with Gasteiger partial charge in [0.1, 0.15) is 11.4 Å². The van der Waals surface area contributed by atoms with Gasteiger partial charge in [-0.2, -0.15) is 10.2 Å². The first-order valence-electron chi connectivity index (χ1n) is 12.0. The van der Waals surface area contributed by atoms with Gasteiger partial charge in [-0.25, -0.2) is 0 Å². The molecule has 34 heavy (non-hydrogen) atoms. The summed E-state index contributed by atoms with van der Waals surface area (Å²) in [6.07, 6.45) is 8.70. The number of fused-ring (bicyclic) bond motifs is 3. The van der Waals surface area contributed by atoms with Crippen molar-refractivity contribution in [3.63, 3.8) is 0 Å². The van der Waals surface area contributed by atoms with Crippen molar-refractivity contribution in [1.82, 2.24) is 25.7 Å². The van der Waals surface area contributed by atoms with E-state index in [4.69, 9.17) is 5.10 Å². The molecule has 0 amide bonds. The van der Waals surface area contributed by atoms with Crippen LogP contribution >= 0.6 is 0 Å². The fourth-order valence-corrected chi connectivity index (χ4v) is 6.25. The lowest BCUT2D eigenvalue weighted by molar-refractivity contribution is 0.201. The van der Waals surface area contributed by atoms with Gasteiger partial charge in [0.25, 0.3) is 0 Å².